The van der Waals surface area contributed by atoms with Gasteiger partial charge >= 0.3 is 5.97 Å². The molecule has 2 aliphatic rings. The number of primary amides is 1. The van der Waals surface area contributed by atoms with Crippen LogP contribution in [0, 0.1) is 5.92 Å². The zero-order chi connectivity index (χ0) is 23.1. The number of carbonyl (C=O) groups is 2. The molecule has 3 aromatic rings. The lowest BCUT2D eigenvalue weighted by Gasteiger charge is -2.23. The van der Waals surface area contributed by atoms with E-state index in [1.165, 1.54) is 50.6 Å². The molecule has 1 unspecified atom stereocenters. The molecule has 33 heavy (non-hydrogen) atoms. The van der Waals surface area contributed by atoms with Crippen LogP contribution in [-0.4, -0.2) is 41.6 Å². The molecule has 5 rings (SSSR count). The van der Waals surface area contributed by atoms with Gasteiger partial charge in [-0.1, -0.05) is 25.3 Å². The number of hydrogen-bond acceptors (Lipinski definition) is 7. The van der Waals surface area contributed by atoms with Gasteiger partial charge in [0, 0.05) is 19.1 Å². The fourth-order valence-electron chi connectivity index (χ4n) is 5.17. The SMILES string of the molecule is COC(=O)c1c(N2CCC(C(N)=O)C2)sc(-c2ccc3c(c2)ncn3C2CCCCC2)c1N. The number of nitrogens with two attached hydrogens (primary N) is 2. The van der Waals surface area contributed by atoms with Crippen LogP contribution in [0.3, 0.4) is 0 Å². The maximum Gasteiger partial charge on any atom is 0.343 e. The first-order chi connectivity index (χ1) is 16.0. The van der Waals surface area contributed by atoms with E-state index in [1.54, 1.807) is 0 Å². The number of aromatic nitrogens is 2. The van der Waals surface area contributed by atoms with Crippen molar-refractivity contribution in [3.05, 3.63) is 30.1 Å². The van der Waals surface area contributed by atoms with Gasteiger partial charge in [-0.15, -0.1) is 11.3 Å². The van der Waals surface area contributed by atoms with Gasteiger partial charge in [0.25, 0.3) is 0 Å². The number of anilines is 2. The number of nitrogen functional groups attached to an aromatic ring is 1. The molecule has 0 bridgehead atoms. The lowest BCUT2D eigenvalue weighted by Crippen LogP contribution is -2.27. The van der Waals surface area contributed by atoms with Crippen LogP contribution in [0.1, 0.15) is 54.9 Å². The third kappa shape index (κ3) is 3.84. The third-order valence-corrected chi connectivity index (χ3v) is 8.31. The number of thiophene rings is 1. The molecule has 1 atom stereocenters. The van der Waals surface area contributed by atoms with E-state index >= 15 is 0 Å². The minimum atomic E-state index is -0.477. The largest absolute Gasteiger partial charge is 0.465 e. The Labute approximate surface area is 196 Å². The average molecular weight is 468 g/mol. The van der Waals surface area contributed by atoms with Gasteiger partial charge in [0.05, 0.1) is 41.0 Å². The minimum Gasteiger partial charge on any atom is -0.465 e. The van der Waals surface area contributed by atoms with Crippen molar-refractivity contribution < 1.29 is 14.3 Å². The molecule has 174 valence electrons. The highest BCUT2D eigenvalue weighted by Crippen LogP contribution is 2.46. The van der Waals surface area contributed by atoms with Gasteiger partial charge in [-0.05, 0) is 37.0 Å². The topological polar surface area (TPSA) is 116 Å². The minimum absolute atomic E-state index is 0.234. The summed E-state index contributed by atoms with van der Waals surface area (Å²) in [6.07, 6.45) is 8.83. The summed E-state index contributed by atoms with van der Waals surface area (Å²) in [5, 5.41) is 0.728. The van der Waals surface area contributed by atoms with E-state index in [0.717, 1.165) is 26.5 Å². The number of imidazole rings is 1. The maximum atomic E-state index is 12.6. The number of hydrogen-bond donors (Lipinski definition) is 2. The van der Waals surface area contributed by atoms with Crippen molar-refractivity contribution in [2.75, 3.05) is 30.8 Å². The summed E-state index contributed by atoms with van der Waals surface area (Å²) in [6, 6.07) is 6.69. The number of fused-ring (bicyclic) bond motifs is 1. The van der Waals surface area contributed by atoms with Crippen LogP contribution in [0.5, 0.6) is 0 Å². The summed E-state index contributed by atoms with van der Waals surface area (Å²) in [6.45, 7) is 1.12. The van der Waals surface area contributed by atoms with Crippen LogP contribution in [0.2, 0.25) is 0 Å². The summed E-state index contributed by atoms with van der Waals surface area (Å²) < 4.78 is 7.34. The lowest BCUT2D eigenvalue weighted by molar-refractivity contribution is -0.121. The molecular formula is C24H29N5O3S. The summed E-state index contributed by atoms with van der Waals surface area (Å²) in [5.74, 6) is -1.03. The molecule has 0 spiro atoms. The smallest absolute Gasteiger partial charge is 0.343 e. The predicted molar refractivity (Wildman–Crippen MR) is 130 cm³/mol. The Morgan fingerprint density at radius 2 is 1.97 bits per heavy atom. The molecule has 0 radical (unpaired) electrons. The van der Waals surface area contributed by atoms with Crippen LogP contribution in [-0.2, 0) is 9.53 Å². The standard InChI is InChI=1S/C24H29N5O3S/c1-32-24(31)19-20(25)21(33-23(19)28-10-9-15(12-28)22(26)30)14-7-8-18-17(11-14)27-13-29(18)16-5-3-2-4-6-16/h7-8,11,13,15-16H,2-6,9-10,12,25H2,1H3,(H2,26,30). The fraction of sp³-hybridized carbons (Fsp3) is 0.458. The molecule has 9 heteroatoms. The van der Waals surface area contributed by atoms with Crippen LogP contribution in [0.4, 0.5) is 10.7 Å². The van der Waals surface area contributed by atoms with Gasteiger partial charge in [-0.25, -0.2) is 9.78 Å². The van der Waals surface area contributed by atoms with Gasteiger partial charge in [0.1, 0.15) is 10.6 Å². The van der Waals surface area contributed by atoms with E-state index in [0.29, 0.717) is 36.8 Å². The van der Waals surface area contributed by atoms with E-state index in [1.807, 2.05) is 23.4 Å². The van der Waals surface area contributed by atoms with Crippen molar-refractivity contribution in [2.45, 2.75) is 44.6 Å². The molecule has 1 aromatic carbocycles. The number of rotatable bonds is 5. The quantitative estimate of drug-likeness (QED) is 0.549. The van der Waals surface area contributed by atoms with Crippen LogP contribution in [0.15, 0.2) is 24.5 Å². The Morgan fingerprint density at radius 1 is 1.18 bits per heavy atom. The average Bonchev–Trinajstić information content (AvgIpc) is 3.55. The number of carbonyl (C=O) groups excluding carboxylic acids is 2. The van der Waals surface area contributed by atoms with Crippen molar-refractivity contribution in [2.24, 2.45) is 11.7 Å². The number of methoxy groups -OCH3 is 1. The molecule has 3 heterocycles. The van der Waals surface area contributed by atoms with Gasteiger partial charge < -0.3 is 25.7 Å². The summed E-state index contributed by atoms with van der Waals surface area (Å²) in [5.41, 5.74) is 15.7. The molecule has 4 N–H and O–H groups in total. The van der Waals surface area contributed by atoms with Gasteiger partial charge in [-0.3, -0.25) is 4.79 Å². The Morgan fingerprint density at radius 3 is 2.67 bits per heavy atom. The van der Waals surface area contributed by atoms with E-state index in [2.05, 4.69) is 15.6 Å². The van der Waals surface area contributed by atoms with Gasteiger partial charge in [0.2, 0.25) is 5.91 Å². The molecular weight excluding hydrogens is 438 g/mol. The second kappa shape index (κ2) is 8.70. The third-order valence-electron chi connectivity index (χ3n) is 7.00. The number of benzene rings is 1. The molecule has 2 aromatic heterocycles. The monoisotopic (exact) mass is 467 g/mol. The summed E-state index contributed by atoms with van der Waals surface area (Å²) in [7, 11) is 1.35. The van der Waals surface area contributed by atoms with E-state index < -0.39 is 5.97 Å². The van der Waals surface area contributed by atoms with E-state index in [9.17, 15) is 9.59 Å². The Hall–Kier alpha value is -3.07. The first-order valence-electron chi connectivity index (χ1n) is 11.5. The summed E-state index contributed by atoms with van der Waals surface area (Å²) >= 11 is 1.45. The Balaban J connectivity index is 1.53. The van der Waals surface area contributed by atoms with Crippen molar-refractivity contribution in [3.63, 3.8) is 0 Å². The van der Waals surface area contributed by atoms with E-state index in [-0.39, 0.29) is 11.8 Å². The van der Waals surface area contributed by atoms with Crippen molar-refractivity contribution >= 4 is 44.9 Å². The predicted octanol–water partition coefficient (Wildman–Crippen LogP) is 3.95. The molecule has 1 amide bonds. The highest BCUT2D eigenvalue weighted by molar-refractivity contribution is 7.20. The summed E-state index contributed by atoms with van der Waals surface area (Å²) in [4.78, 5) is 31.8. The van der Waals surface area contributed by atoms with Crippen molar-refractivity contribution in [3.8, 4) is 10.4 Å². The Bertz CT molecular complexity index is 1210. The van der Waals surface area contributed by atoms with Crippen LogP contribution >= 0.6 is 11.3 Å². The first kappa shape index (κ1) is 21.8. The van der Waals surface area contributed by atoms with Gasteiger partial charge in [0.15, 0.2) is 0 Å². The van der Waals surface area contributed by atoms with E-state index in [4.69, 9.17) is 16.2 Å². The zero-order valence-corrected chi connectivity index (χ0v) is 19.6. The van der Waals surface area contributed by atoms with Gasteiger partial charge in [-0.2, -0.15) is 0 Å². The molecule has 2 fully saturated rings. The number of ether oxygens (including phenoxy) is 1. The van der Waals surface area contributed by atoms with Crippen molar-refractivity contribution in [1.29, 1.82) is 0 Å². The number of nitrogens with zero attached hydrogens (tertiary/aromatic N) is 3. The van der Waals surface area contributed by atoms with Crippen LogP contribution < -0.4 is 16.4 Å². The highest BCUT2D eigenvalue weighted by atomic mass is 32.1. The molecule has 1 saturated heterocycles. The number of amides is 1. The molecule has 1 saturated carbocycles. The van der Waals surface area contributed by atoms with Crippen LogP contribution in [0.25, 0.3) is 21.5 Å². The Kier molecular flexibility index (Phi) is 5.74. The molecule has 1 aliphatic heterocycles. The number of esters is 1. The fourth-order valence-corrected chi connectivity index (χ4v) is 6.41. The molecule has 1 aliphatic carbocycles. The second-order valence-corrected chi connectivity index (χ2v) is 10.00. The second-order valence-electron chi connectivity index (χ2n) is 9.00. The van der Waals surface area contributed by atoms with Crippen molar-refractivity contribution in [1.82, 2.24) is 9.55 Å². The maximum absolute atomic E-state index is 12.6. The zero-order valence-electron chi connectivity index (χ0n) is 18.8. The highest BCUT2D eigenvalue weighted by Gasteiger charge is 2.33. The molecule has 8 nitrogen and oxygen atoms in total. The lowest BCUT2D eigenvalue weighted by atomic mass is 9.95. The normalized spacial score (nSPS) is 19.3. The first-order valence-corrected chi connectivity index (χ1v) is 12.3.